The van der Waals surface area contributed by atoms with Crippen LogP contribution < -0.4 is 4.90 Å². The Morgan fingerprint density at radius 1 is 0.317 bits per heavy atom. The van der Waals surface area contributed by atoms with E-state index >= 15 is 0 Å². The van der Waals surface area contributed by atoms with Crippen LogP contribution in [0.5, 0.6) is 0 Å². The highest BCUT2D eigenvalue weighted by molar-refractivity contribution is 6.17. The van der Waals surface area contributed by atoms with Gasteiger partial charge in [0.2, 0.25) is 0 Å². The third-order valence-electron chi connectivity index (χ3n) is 12.7. The topological polar surface area (TPSA) is 3.24 Å². The number of nitrogens with zero attached hydrogens (tertiary/aromatic N) is 1. The molecule has 1 aliphatic carbocycles. The smallest absolute Gasteiger partial charge is 0.0546 e. The molecule has 10 aromatic carbocycles. The Morgan fingerprint density at radius 3 is 1.62 bits per heavy atom. The zero-order valence-electron chi connectivity index (χ0n) is 33.8. The molecule has 0 heterocycles. The van der Waals surface area contributed by atoms with Gasteiger partial charge in [-0.25, -0.2) is 0 Å². The van der Waals surface area contributed by atoms with Gasteiger partial charge in [-0.2, -0.15) is 0 Å². The standard InChI is InChI=1S/C59H43N/c1-59(2)54-33-17-15-31-50(54)51-37-36-43(39-55(51)59)60(56-34-18-16-27-46(56)41-22-7-4-8-23-41)57-35-19-32-52(48-29-12-11-25-44(48)40-20-5-3-6-21-40)58(57)53-38-42-24-9-10-26-45(42)47-28-13-14-30-49(47)53/h3-39H,1-2H3. The van der Waals surface area contributed by atoms with Crippen LogP contribution in [0, 0.1) is 0 Å². The van der Waals surface area contributed by atoms with Crippen LogP contribution in [0.3, 0.4) is 0 Å². The van der Waals surface area contributed by atoms with Crippen molar-refractivity contribution in [3.05, 3.63) is 236 Å². The number of para-hydroxylation sites is 1. The third kappa shape index (κ3) is 5.77. The summed E-state index contributed by atoms with van der Waals surface area (Å²) in [4.78, 5) is 2.54. The predicted octanol–water partition coefficient (Wildman–Crippen LogP) is 16.4. The lowest BCUT2D eigenvalue weighted by Crippen LogP contribution is -2.17. The molecule has 0 radical (unpaired) electrons. The molecule has 0 fully saturated rings. The second kappa shape index (κ2) is 14.4. The van der Waals surface area contributed by atoms with E-state index in [0.717, 1.165) is 17.1 Å². The molecule has 0 bridgehead atoms. The molecule has 0 aliphatic heterocycles. The summed E-state index contributed by atoms with van der Waals surface area (Å²) in [6.07, 6.45) is 0. The molecule has 1 nitrogen and oxygen atoms in total. The molecule has 10 aromatic rings. The summed E-state index contributed by atoms with van der Waals surface area (Å²) in [6, 6.07) is 82.6. The van der Waals surface area contributed by atoms with Crippen molar-refractivity contribution in [3.63, 3.8) is 0 Å². The number of benzene rings is 10. The predicted molar refractivity (Wildman–Crippen MR) is 255 cm³/mol. The van der Waals surface area contributed by atoms with E-state index in [1.54, 1.807) is 0 Å². The van der Waals surface area contributed by atoms with Crippen molar-refractivity contribution >= 4 is 38.6 Å². The van der Waals surface area contributed by atoms with Gasteiger partial charge in [-0.15, -0.1) is 0 Å². The first-order valence-electron chi connectivity index (χ1n) is 20.9. The van der Waals surface area contributed by atoms with Crippen LogP contribution in [0.1, 0.15) is 25.0 Å². The number of hydrogen-bond donors (Lipinski definition) is 0. The highest BCUT2D eigenvalue weighted by Gasteiger charge is 2.36. The van der Waals surface area contributed by atoms with Crippen LogP contribution in [0.15, 0.2) is 224 Å². The van der Waals surface area contributed by atoms with E-state index in [9.17, 15) is 0 Å². The van der Waals surface area contributed by atoms with Gasteiger partial charge in [0.1, 0.15) is 0 Å². The summed E-state index contributed by atoms with van der Waals surface area (Å²) in [5.74, 6) is 0. The summed E-state index contributed by atoms with van der Waals surface area (Å²) in [5.41, 5.74) is 18.1. The summed E-state index contributed by atoms with van der Waals surface area (Å²) in [5, 5.41) is 4.95. The minimum Gasteiger partial charge on any atom is -0.309 e. The minimum atomic E-state index is -0.166. The molecule has 0 unspecified atom stereocenters. The van der Waals surface area contributed by atoms with Gasteiger partial charge in [0.15, 0.2) is 0 Å². The van der Waals surface area contributed by atoms with Crippen molar-refractivity contribution in [2.75, 3.05) is 4.90 Å². The van der Waals surface area contributed by atoms with Crippen LogP contribution in [0.4, 0.5) is 17.1 Å². The Bertz CT molecular complexity index is 3230. The highest BCUT2D eigenvalue weighted by atomic mass is 15.1. The van der Waals surface area contributed by atoms with Gasteiger partial charge >= 0.3 is 0 Å². The van der Waals surface area contributed by atoms with Crippen molar-refractivity contribution in [3.8, 4) is 55.6 Å². The van der Waals surface area contributed by atoms with E-state index in [2.05, 4.69) is 243 Å². The number of anilines is 3. The average Bonchev–Trinajstić information content (AvgIpc) is 3.54. The second-order valence-corrected chi connectivity index (χ2v) is 16.4. The van der Waals surface area contributed by atoms with E-state index in [1.807, 2.05) is 0 Å². The lowest BCUT2D eigenvalue weighted by atomic mass is 9.82. The van der Waals surface area contributed by atoms with E-state index in [0.29, 0.717) is 0 Å². The Labute approximate surface area is 352 Å². The average molecular weight is 766 g/mol. The minimum absolute atomic E-state index is 0.166. The van der Waals surface area contributed by atoms with Gasteiger partial charge in [-0.05, 0) is 108 Å². The molecule has 0 spiro atoms. The molecular formula is C59H43N. The molecule has 1 aliphatic rings. The van der Waals surface area contributed by atoms with Gasteiger partial charge in [-0.3, -0.25) is 0 Å². The Balaban J connectivity index is 1.27. The largest absolute Gasteiger partial charge is 0.309 e. The van der Waals surface area contributed by atoms with Crippen molar-refractivity contribution in [1.82, 2.24) is 0 Å². The molecule has 284 valence electrons. The van der Waals surface area contributed by atoms with Crippen molar-refractivity contribution < 1.29 is 0 Å². The fourth-order valence-corrected chi connectivity index (χ4v) is 9.85. The lowest BCUT2D eigenvalue weighted by Gasteiger charge is -2.32. The maximum Gasteiger partial charge on any atom is 0.0546 e. The van der Waals surface area contributed by atoms with Gasteiger partial charge in [0.05, 0.1) is 11.4 Å². The van der Waals surface area contributed by atoms with Crippen molar-refractivity contribution in [2.24, 2.45) is 0 Å². The van der Waals surface area contributed by atoms with Gasteiger partial charge in [0, 0.05) is 22.2 Å². The first kappa shape index (κ1) is 35.7. The number of rotatable bonds is 7. The number of hydrogen-bond acceptors (Lipinski definition) is 1. The Kier molecular flexibility index (Phi) is 8.57. The van der Waals surface area contributed by atoms with Crippen LogP contribution in [0.2, 0.25) is 0 Å². The Morgan fingerprint density at radius 2 is 0.850 bits per heavy atom. The van der Waals surface area contributed by atoms with Crippen LogP contribution >= 0.6 is 0 Å². The van der Waals surface area contributed by atoms with Crippen molar-refractivity contribution in [2.45, 2.75) is 19.3 Å². The third-order valence-corrected chi connectivity index (χ3v) is 12.7. The zero-order chi connectivity index (χ0) is 40.2. The van der Waals surface area contributed by atoms with E-state index in [4.69, 9.17) is 0 Å². The van der Waals surface area contributed by atoms with Crippen LogP contribution in [0.25, 0.3) is 77.2 Å². The molecular weight excluding hydrogens is 723 g/mol. The first-order valence-corrected chi connectivity index (χ1v) is 20.9. The molecule has 1 heteroatoms. The summed E-state index contributed by atoms with van der Waals surface area (Å²) in [6.45, 7) is 4.75. The Hall–Kier alpha value is -7.48. The van der Waals surface area contributed by atoms with Crippen molar-refractivity contribution in [1.29, 1.82) is 0 Å². The highest BCUT2D eigenvalue weighted by Crippen LogP contribution is 2.54. The molecule has 60 heavy (non-hydrogen) atoms. The zero-order valence-corrected chi connectivity index (χ0v) is 33.8. The SMILES string of the molecule is CC1(C)c2ccccc2-c2ccc(N(c3ccccc3-c3ccccc3)c3cccc(-c4ccccc4-c4ccccc4)c3-c3cc4ccccc4c4ccccc34)cc21. The molecule has 0 saturated carbocycles. The molecule has 0 N–H and O–H groups in total. The van der Waals surface area contributed by atoms with E-state index in [-0.39, 0.29) is 5.41 Å². The quantitative estimate of drug-likeness (QED) is 0.146. The molecule has 11 rings (SSSR count). The monoisotopic (exact) mass is 765 g/mol. The van der Waals surface area contributed by atoms with Gasteiger partial charge < -0.3 is 4.90 Å². The molecule has 0 amide bonds. The van der Waals surface area contributed by atoms with Crippen LogP contribution in [-0.2, 0) is 5.41 Å². The van der Waals surface area contributed by atoms with E-state index < -0.39 is 0 Å². The first-order chi connectivity index (χ1) is 29.6. The van der Waals surface area contributed by atoms with Crippen LogP contribution in [-0.4, -0.2) is 0 Å². The summed E-state index contributed by atoms with van der Waals surface area (Å²) < 4.78 is 0. The fourth-order valence-electron chi connectivity index (χ4n) is 9.85. The summed E-state index contributed by atoms with van der Waals surface area (Å²) in [7, 11) is 0. The molecule has 0 saturated heterocycles. The van der Waals surface area contributed by atoms with Gasteiger partial charge in [0.25, 0.3) is 0 Å². The maximum absolute atomic E-state index is 2.54. The maximum atomic E-state index is 2.54. The molecule has 0 atom stereocenters. The fraction of sp³-hybridized carbons (Fsp3) is 0.0508. The lowest BCUT2D eigenvalue weighted by molar-refractivity contribution is 0.660. The second-order valence-electron chi connectivity index (χ2n) is 16.4. The normalized spacial score (nSPS) is 12.6. The van der Waals surface area contributed by atoms with E-state index in [1.165, 1.54) is 88.3 Å². The number of fused-ring (bicyclic) bond motifs is 6. The van der Waals surface area contributed by atoms with Gasteiger partial charge in [-0.1, -0.05) is 208 Å². The summed E-state index contributed by atoms with van der Waals surface area (Å²) >= 11 is 0. The molecule has 0 aromatic heterocycles.